The second kappa shape index (κ2) is 6.76. The molecule has 7 nitrogen and oxygen atoms in total. The number of likely N-dealkylation sites (tertiary alicyclic amines) is 2. The van der Waals surface area contributed by atoms with E-state index in [1.165, 1.54) is 4.90 Å². The van der Waals surface area contributed by atoms with E-state index in [1.54, 1.807) is 25.7 Å². The van der Waals surface area contributed by atoms with Gasteiger partial charge in [-0.2, -0.15) is 0 Å². The molecule has 2 aliphatic heterocycles. The zero-order valence-electron chi connectivity index (χ0n) is 14.0. The molecule has 0 saturated carbocycles. The average Bonchev–Trinajstić information content (AvgIpc) is 2.94. The summed E-state index contributed by atoms with van der Waals surface area (Å²) in [6.07, 6.45) is 1.75. The van der Waals surface area contributed by atoms with Crippen molar-refractivity contribution in [3.05, 3.63) is 0 Å². The molecule has 0 N–H and O–H groups in total. The van der Waals surface area contributed by atoms with Gasteiger partial charge in [-0.3, -0.25) is 9.69 Å². The molecule has 2 heterocycles. The summed E-state index contributed by atoms with van der Waals surface area (Å²) >= 11 is 0. The van der Waals surface area contributed by atoms with Crippen LogP contribution in [0.3, 0.4) is 0 Å². The summed E-state index contributed by atoms with van der Waals surface area (Å²) in [5, 5.41) is 10.9. The SMILES string of the molecule is CC(C)(C)OC(=O)N1CCC[C@@H]1C(=O)N1CCC(C(=O)[O-])CC1. The first kappa shape index (κ1) is 17.6. The molecule has 23 heavy (non-hydrogen) atoms. The van der Waals surface area contributed by atoms with Crippen molar-refractivity contribution >= 4 is 18.0 Å². The number of carbonyl (C=O) groups is 3. The molecule has 0 aromatic carbocycles. The van der Waals surface area contributed by atoms with Gasteiger partial charge in [-0.25, -0.2) is 4.79 Å². The second-order valence-corrected chi connectivity index (χ2v) is 7.25. The Morgan fingerprint density at radius 1 is 1.04 bits per heavy atom. The molecule has 130 valence electrons. The lowest BCUT2D eigenvalue weighted by molar-refractivity contribution is -0.312. The van der Waals surface area contributed by atoms with Crippen molar-refractivity contribution < 1.29 is 24.2 Å². The highest BCUT2D eigenvalue weighted by Crippen LogP contribution is 2.25. The van der Waals surface area contributed by atoms with Crippen LogP contribution in [0.25, 0.3) is 0 Å². The van der Waals surface area contributed by atoms with E-state index in [-0.39, 0.29) is 5.91 Å². The van der Waals surface area contributed by atoms with Crippen LogP contribution < -0.4 is 5.11 Å². The van der Waals surface area contributed by atoms with E-state index < -0.39 is 29.6 Å². The van der Waals surface area contributed by atoms with Crippen LogP contribution in [0.15, 0.2) is 0 Å². The number of carbonyl (C=O) groups excluding carboxylic acids is 3. The van der Waals surface area contributed by atoms with Crippen molar-refractivity contribution in [3.63, 3.8) is 0 Å². The van der Waals surface area contributed by atoms with Crippen molar-refractivity contribution in [1.29, 1.82) is 0 Å². The highest BCUT2D eigenvalue weighted by atomic mass is 16.6. The summed E-state index contributed by atoms with van der Waals surface area (Å²) in [5.74, 6) is -1.64. The number of carboxylic acids is 1. The Labute approximate surface area is 136 Å². The molecule has 0 bridgehead atoms. The third kappa shape index (κ3) is 4.36. The lowest BCUT2D eigenvalue weighted by Crippen LogP contribution is -2.51. The van der Waals surface area contributed by atoms with E-state index in [4.69, 9.17) is 4.74 Å². The first-order valence-corrected chi connectivity index (χ1v) is 8.18. The van der Waals surface area contributed by atoms with Crippen LogP contribution in [0.1, 0.15) is 46.5 Å². The van der Waals surface area contributed by atoms with Gasteiger partial charge in [-0.1, -0.05) is 0 Å². The molecule has 2 rings (SSSR count). The minimum absolute atomic E-state index is 0.106. The molecule has 0 aromatic rings. The van der Waals surface area contributed by atoms with E-state index in [0.29, 0.717) is 38.9 Å². The topological polar surface area (TPSA) is 90.0 Å². The smallest absolute Gasteiger partial charge is 0.410 e. The van der Waals surface area contributed by atoms with Gasteiger partial charge >= 0.3 is 6.09 Å². The highest BCUT2D eigenvalue weighted by molar-refractivity contribution is 5.86. The Balaban J connectivity index is 1.96. The normalized spacial score (nSPS) is 23.0. The predicted molar refractivity (Wildman–Crippen MR) is 80.3 cm³/mol. The molecule has 0 spiro atoms. The quantitative estimate of drug-likeness (QED) is 0.732. The Morgan fingerprint density at radius 2 is 1.65 bits per heavy atom. The molecule has 0 aromatic heterocycles. The fourth-order valence-electron chi connectivity index (χ4n) is 3.11. The van der Waals surface area contributed by atoms with Gasteiger partial charge in [0.2, 0.25) is 5.91 Å². The number of hydrogen-bond acceptors (Lipinski definition) is 5. The van der Waals surface area contributed by atoms with E-state index in [0.717, 1.165) is 6.42 Å². The molecule has 2 saturated heterocycles. The van der Waals surface area contributed by atoms with Crippen molar-refractivity contribution in [3.8, 4) is 0 Å². The first-order chi connectivity index (χ1) is 10.7. The molecule has 0 radical (unpaired) electrons. The number of aliphatic carboxylic acids is 1. The third-order valence-electron chi connectivity index (χ3n) is 4.31. The fraction of sp³-hybridized carbons (Fsp3) is 0.812. The molecular formula is C16H25N2O5-. The van der Waals surface area contributed by atoms with Crippen LogP contribution in [0.5, 0.6) is 0 Å². The monoisotopic (exact) mass is 325 g/mol. The third-order valence-corrected chi connectivity index (χ3v) is 4.31. The van der Waals surface area contributed by atoms with Gasteiger partial charge < -0.3 is 19.5 Å². The summed E-state index contributed by atoms with van der Waals surface area (Å²) in [5.41, 5.74) is -0.597. The maximum atomic E-state index is 12.7. The number of hydrogen-bond donors (Lipinski definition) is 0. The van der Waals surface area contributed by atoms with Gasteiger partial charge in [0, 0.05) is 31.5 Å². The Morgan fingerprint density at radius 3 is 2.17 bits per heavy atom. The Hall–Kier alpha value is -1.79. The van der Waals surface area contributed by atoms with E-state index >= 15 is 0 Å². The summed E-state index contributed by atoms with van der Waals surface area (Å²) in [7, 11) is 0. The number of carboxylic acid groups (broad SMARTS) is 1. The Kier molecular flexibility index (Phi) is 5.16. The molecule has 2 amide bonds. The first-order valence-electron chi connectivity index (χ1n) is 8.18. The molecule has 7 heteroatoms. The van der Waals surface area contributed by atoms with Crippen molar-refractivity contribution in [2.75, 3.05) is 19.6 Å². The summed E-state index contributed by atoms with van der Waals surface area (Å²) in [6, 6.07) is -0.496. The minimum atomic E-state index is -1.05. The number of piperidine rings is 1. The summed E-state index contributed by atoms with van der Waals surface area (Å²) < 4.78 is 5.37. The van der Waals surface area contributed by atoms with Gasteiger partial charge in [-0.15, -0.1) is 0 Å². The van der Waals surface area contributed by atoms with Crippen molar-refractivity contribution in [1.82, 2.24) is 9.80 Å². The van der Waals surface area contributed by atoms with Crippen LogP contribution in [0.2, 0.25) is 0 Å². The predicted octanol–water partition coefficient (Wildman–Crippen LogP) is 0.374. The summed E-state index contributed by atoms with van der Waals surface area (Å²) in [6.45, 7) is 6.70. The molecule has 0 unspecified atom stereocenters. The zero-order chi connectivity index (χ0) is 17.2. The lowest BCUT2D eigenvalue weighted by Gasteiger charge is -2.36. The molecule has 2 aliphatic rings. The van der Waals surface area contributed by atoms with Crippen LogP contribution >= 0.6 is 0 Å². The molecular weight excluding hydrogens is 300 g/mol. The van der Waals surface area contributed by atoms with E-state index in [1.807, 2.05) is 0 Å². The van der Waals surface area contributed by atoms with Gasteiger partial charge in [-0.05, 0) is 46.5 Å². The van der Waals surface area contributed by atoms with Crippen molar-refractivity contribution in [2.24, 2.45) is 5.92 Å². The zero-order valence-corrected chi connectivity index (χ0v) is 14.0. The fourth-order valence-corrected chi connectivity index (χ4v) is 3.11. The number of rotatable bonds is 2. The van der Waals surface area contributed by atoms with E-state index in [2.05, 4.69) is 0 Å². The number of amides is 2. The highest BCUT2D eigenvalue weighted by Gasteiger charge is 2.39. The standard InChI is InChI=1S/C16H26N2O5/c1-16(2,3)23-15(22)18-8-4-5-12(18)13(19)17-9-6-11(7-10-17)14(20)21/h11-12H,4-10H2,1-3H3,(H,20,21)/p-1/t12-/m1/s1. The van der Waals surface area contributed by atoms with Gasteiger partial charge in [0.15, 0.2) is 0 Å². The van der Waals surface area contributed by atoms with Crippen LogP contribution in [0, 0.1) is 5.92 Å². The van der Waals surface area contributed by atoms with Crippen molar-refractivity contribution in [2.45, 2.75) is 58.1 Å². The van der Waals surface area contributed by atoms with E-state index in [9.17, 15) is 19.5 Å². The van der Waals surface area contributed by atoms with Gasteiger partial charge in [0.05, 0.1) is 0 Å². The lowest BCUT2D eigenvalue weighted by atomic mass is 9.96. The molecule has 1 atom stereocenters. The van der Waals surface area contributed by atoms with Crippen LogP contribution in [-0.2, 0) is 14.3 Å². The molecule has 2 fully saturated rings. The minimum Gasteiger partial charge on any atom is -0.550 e. The van der Waals surface area contributed by atoms with Gasteiger partial charge in [0.1, 0.15) is 11.6 Å². The maximum Gasteiger partial charge on any atom is 0.410 e. The molecule has 0 aliphatic carbocycles. The average molecular weight is 325 g/mol. The van der Waals surface area contributed by atoms with Crippen LogP contribution in [-0.4, -0.2) is 59.0 Å². The number of ether oxygens (including phenoxy) is 1. The largest absolute Gasteiger partial charge is 0.550 e. The van der Waals surface area contributed by atoms with Gasteiger partial charge in [0.25, 0.3) is 0 Å². The second-order valence-electron chi connectivity index (χ2n) is 7.25. The Bertz CT molecular complexity index is 477. The van der Waals surface area contributed by atoms with Crippen LogP contribution in [0.4, 0.5) is 4.79 Å². The number of nitrogens with zero attached hydrogens (tertiary/aromatic N) is 2. The summed E-state index contributed by atoms with van der Waals surface area (Å²) in [4.78, 5) is 39.0. The maximum absolute atomic E-state index is 12.7.